The fourth-order valence-electron chi connectivity index (χ4n) is 3.02. The van der Waals surface area contributed by atoms with Gasteiger partial charge >= 0.3 is 11.9 Å². The number of carboxylic acid groups (broad SMARTS) is 1. The summed E-state index contributed by atoms with van der Waals surface area (Å²) in [7, 11) is 0. The molecule has 0 saturated carbocycles. The third kappa shape index (κ3) is 6.32. The molecule has 0 saturated heterocycles. The summed E-state index contributed by atoms with van der Waals surface area (Å²) in [6.45, 7) is 0. The molecule has 0 spiro atoms. The minimum absolute atomic E-state index is 0.0168. The number of carbonyl (C=O) groups is 2. The van der Waals surface area contributed by atoms with Crippen molar-refractivity contribution < 1.29 is 34.3 Å². The number of rotatable bonds is 10. The molecule has 1 unspecified atom stereocenters. The van der Waals surface area contributed by atoms with Gasteiger partial charge in [0.2, 0.25) is 6.10 Å². The molecule has 0 amide bonds. The van der Waals surface area contributed by atoms with E-state index in [0.717, 1.165) is 5.56 Å². The standard InChI is InChI=1S/C24H22O7/c25-23(30-22(24(26)27)16-18-9-5-7-13-21(18)31-28)15-14-17-8-4-6-12-20(17)29-19-10-2-1-3-11-19/h1-13,22,28H,14-16H2,(H,26,27). The number of hydrogen-bond donors (Lipinski definition) is 2. The normalized spacial score (nSPS) is 11.4. The van der Waals surface area contributed by atoms with Crippen LogP contribution in [0.15, 0.2) is 78.9 Å². The summed E-state index contributed by atoms with van der Waals surface area (Å²) >= 11 is 0. The van der Waals surface area contributed by atoms with Crippen molar-refractivity contribution in [2.75, 3.05) is 0 Å². The molecular weight excluding hydrogens is 400 g/mol. The monoisotopic (exact) mass is 422 g/mol. The first kappa shape index (κ1) is 21.9. The highest BCUT2D eigenvalue weighted by Gasteiger charge is 2.24. The Morgan fingerprint density at radius 3 is 2.10 bits per heavy atom. The first-order valence-corrected chi connectivity index (χ1v) is 9.69. The van der Waals surface area contributed by atoms with Crippen LogP contribution in [0, 0.1) is 0 Å². The molecule has 0 heterocycles. The van der Waals surface area contributed by atoms with Gasteiger partial charge in [0.05, 0.1) is 0 Å². The predicted molar refractivity (Wildman–Crippen MR) is 112 cm³/mol. The highest BCUT2D eigenvalue weighted by molar-refractivity contribution is 5.78. The largest absolute Gasteiger partial charge is 0.478 e. The Morgan fingerprint density at radius 2 is 1.42 bits per heavy atom. The van der Waals surface area contributed by atoms with Crippen LogP contribution >= 0.6 is 0 Å². The van der Waals surface area contributed by atoms with Gasteiger partial charge in [-0.05, 0) is 36.2 Å². The minimum Gasteiger partial charge on any atom is -0.478 e. The van der Waals surface area contributed by atoms with Crippen LogP contribution in [0.1, 0.15) is 17.5 Å². The molecule has 31 heavy (non-hydrogen) atoms. The van der Waals surface area contributed by atoms with Gasteiger partial charge in [0, 0.05) is 18.4 Å². The van der Waals surface area contributed by atoms with Gasteiger partial charge in [0.25, 0.3) is 0 Å². The topological polar surface area (TPSA) is 102 Å². The van der Waals surface area contributed by atoms with E-state index in [1.165, 1.54) is 6.07 Å². The lowest BCUT2D eigenvalue weighted by molar-refractivity contribution is -0.164. The second-order valence-corrected chi connectivity index (χ2v) is 6.74. The number of benzene rings is 3. The lowest BCUT2D eigenvalue weighted by atomic mass is 10.1. The van der Waals surface area contributed by atoms with Crippen molar-refractivity contribution >= 4 is 11.9 Å². The Kier molecular flexibility index (Phi) is 7.61. The van der Waals surface area contributed by atoms with E-state index in [4.69, 9.17) is 14.7 Å². The Bertz CT molecular complexity index is 1020. The van der Waals surface area contributed by atoms with Crippen LogP contribution in [0.4, 0.5) is 0 Å². The van der Waals surface area contributed by atoms with Crippen molar-refractivity contribution in [1.29, 1.82) is 0 Å². The molecule has 0 aliphatic rings. The highest BCUT2D eigenvalue weighted by atomic mass is 17.1. The van der Waals surface area contributed by atoms with Gasteiger partial charge in [-0.3, -0.25) is 4.79 Å². The maximum absolute atomic E-state index is 12.3. The van der Waals surface area contributed by atoms with Crippen molar-refractivity contribution in [3.05, 3.63) is 90.0 Å². The number of aliphatic carboxylic acids is 1. The van der Waals surface area contributed by atoms with Crippen LogP contribution in [-0.2, 0) is 27.2 Å². The van der Waals surface area contributed by atoms with Crippen LogP contribution in [-0.4, -0.2) is 28.4 Å². The molecule has 0 aliphatic heterocycles. The summed E-state index contributed by atoms with van der Waals surface area (Å²) in [6.07, 6.45) is -1.23. The zero-order valence-corrected chi connectivity index (χ0v) is 16.6. The summed E-state index contributed by atoms with van der Waals surface area (Å²) in [6, 6.07) is 23.0. The minimum atomic E-state index is -1.40. The zero-order valence-electron chi connectivity index (χ0n) is 16.6. The summed E-state index contributed by atoms with van der Waals surface area (Å²) in [4.78, 5) is 28.2. The van der Waals surface area contributed by atoms with Gasteiger partial charge in [0.15, 0.2) is 5.75 Å². The maximum atomic E-state index is 12.3. The lowest BCUT2D eigenvalue weighted by Gasteiger charge is -2.15. The van der Waals surface area contributed by atoms with Crippen molar-refractivity contribution in [3.63, 3.8) is 0 Å². The lowest BCUT2D eigenvalue weighted by Crippen LogP contribution is -2.29. The summed E-state index contributed by atoms with van der Waals surface area (Å²) in [5.41, 5.74) is 1.21. The average molecular weight is 422 g/mol. The molecule has 160 valence electrons. The first-order chi connectivity index (χ1) is 15.1. The van der Waals surface area contributed by atoms with E-state index in [1.807, 2.05) is 48.5 Å². The van der Waals surface area contributed by atoms with Crippen LogP contribution in [0.5, 0.6) is 17.2 Å². The van der Waals surface area contributed by atoms with Crippen molar-refractivity contribution in [1.82, 2.24) is 0 Å². The number of carbonyl (C=O) groups excluding carboxylic acids is 1. The third-order valence-electron chi connectivity index (χ3n) is 4.57. The molecule has 7 nitrogen and oxygen atoms in total. The number of esters is 1. The van der Waals surface area contributed by atoms with Gasteiger partial charge in [-0.2, -0.15) is 0 Å². The van der Waals surface area contributed by atoms with E-state index >= 15 is 0 Å². The number of carboxylic acids is 1. The smallest absolute Gasteiger partial charge is 0.345 e. The molecule has 0 fully saturated rings. The second-order valence-electron chi connectivity index (χ2n) is 6.74. The molecule has 0 radical (unpaired) electrons. The number of ether oxygens (including phenoxy) is 2. The summed E-state index contributed by atoms with van der Waals surface area (Å²) < 4.78 is 11.1. The molecule has 3 aromatic carbocycles. The molecule has 2 N–H and O–H groups in total. The van der Waals surface area contributed by atoms with E-state index in [-0.39, 0.29) is 18.6 Å². The Hall–Kier alpha value is -3.84. The molecular formula is C24H22O7. The van der Waals surface area contributed by atoms with E-state index < -0.39 is 18.0 Å². The Labute approximate surface area is 179 Å². The van der Waals surface area contributed by atoms with Gasteiger partial charge in [0.1, 0.15) is 11.5 Å². The molecule has 3 rings (SSSR count). The highest BCUT2D eigenvalue weighted by Crippen LogP contribution is 2.26. The molecule has 0 aliphatic carbocycles. The van der Waals surface area contributed by atoms with Crippen LogP contribution in [0.25, 0.3) is 0 Å². The van der Waals surface area contributed by atoms with E-state index in [2.05, 4.69) is 4.89 Å². The molecule has 0 aromatic heterocycles. The van der Waals surface area contributed by atoms with Gasteiger partial charge in [-0.1, -0.05) is 54.6 Å². The summed E-state index contributed by atoms with van der Waals surface area (Å²) in [5, 5.41) is 18.4. The quantitative estimate of drug-likeness (QED) is 0.282. The molecule has 1 atom stereocenters. The Morgan fingerprint density at radius 1 is 0.806 bits per heavy atom. The zero-order chi connectivity index (χ0) is 22.1. The fourth-order valence-corrected chi connectivity index (χ4v) is 3.02. The maximum Gasteiger partial charge on any atom is 0.345 e. The third-order valence-corrected chi connectivity index (χ3v) is 4.57. The number of aryl methyl sites for hydroxylation is 1. The van der Waals surface area contributed by atoms with Crippen LogP contribution in [0.3, 0.4) is 0 Å². The van der Waals surface area contributed by atoms with Crippen molar-refractivity contribution in [3.8, 4) is 17.2 Å². The first-order valence-electron chi connectivity index (χ1n) is 9.69. The Balaban J connectivity index is 1.62. The van der Waals surface area contributed by atoms with E-state index in [1.54, 1.807) is 24.3 Å². The van der Waals surface area contributed by atoms with Crippen LogP contribution in [0.2, 0.25) is 0 Å². The fraction of sp³-hybridized carbons (Fsp3) is 0.167. The van der Waals surface area contributed by atoms with Gasteiger partial charge in [-0.25, -0.2) is 10.1 Å². The van der Waals surface area contributed by atoms with Crippen molar-refractivity contribution in [2.45, 2.75) is 25.4 Å². The number of hydrogen-bond acceptors (Lipinski definition) is 6. The SMILES string of the molecule is O=C(CCc1ccccc1Oc1ccccc1)OC(Cc1ccccc1OO)C(=O)O. The number of para-hydroxylation sites is 3. The van der Waals surface area contributed by atoms with Crippen molar-refractivity contribution in [2.24, 2.45) is 0 Å². The molecule has 3 aromatic rings. The molecule has 0 bridgehead atoms. The van der Waals surface area contributed by atoms with E-state index in [0.29, 0.717) is 23.5 Å². The van der Waals surface area contributed by atoms with Crippen LogP contribution < -0.4 is 9.62 Å². The summed E-state index contributed by atoms with van der Waals surface area (Å²) in [5.74, 6) is -0.534. The van der Waals surface area contributed by atoms with Gasteiger partial charge < -0.3 is 19.5 Å². The molecule has 7 heteroatoms. The second kappa shape index (κ2) is 10.8. The average Bonchev–Trinajstić information content (AvgIpc) is 2.79. The van der Waals surface area contributed by atoms with Gasteiger partial charge in [-0.15, -0.1) is 0 Å². The predicted octanol–water partition coefficient (Wildman–Crippen LogP) is 4.50. The van der Waals surface area contributed by atoms with E-state index in [9.17, 15) is 14.7 Å².